The molecule has 0 amide bonds. The van der Waals surface area contributed by atoms with Crippen molar-refractivity contribution in [2.45, 2.75) is 64.3 Å². The van der Waals surface area contributed by atoms with Crippen LogP contribution in [0.1, 0.15) is 51.7 Å². The van der Waals surface area contributed by atoms with Crippen molar-refractivity contribution in [1.29, 1.82) is 0 Å². The molecule has 3 rings (SSSR count). The number of fused-ring (bicyclic) bond motifs is 2. The Morgan fingerprint density at radius 3 is 2.46 bits per heavy atom. The summed E-state index contributed by atoms with van der Waals surface area (Å²) >= 11 is 0. The smallest absolute Gasteiger partial charge is 0.354 e. The summed E-state index contributed by atoms with van der Waals surface area (Å²) in [5.41, 5.74) is -1.38. The standard InChI is InChI=1S/C21H26O5/c1-6-24-17-13-20(15-9-7-14(2)8-10-15)12-11-16(22)21(17,26-20)18(23)25-19(3,4)5/h7-10,13H,6,11-12H2,1-5H3/t20-,21+/m1/s1. The van der Waals surface area contributed by atoms with Crippen LogP contribution in [-0.2, 0) is 29.4 Å². The van der Waals surface area contributed by atoms with Gasteiger partial charge in [-0.15, -0.1) is 0 Å². The minimum Gasteiger partial charge on any atom is -0.494 e. The van der Waals surface area contributed by atoms with Crippen LogP contribution in [0.25, 0.3) is 0 Å². The summed E-state index contributed by atoms with van der Waals surface area (Å²) < 4.78 is 17.5. The van der Waals surface area contributed by atoms with E-state index in [2.05, 4.69) is 0 Å². The highest BCUT2D eigenvalue weighted by Gasteiger charge is 2.65. The Morgan fingerprint density at radius 1 is 1.23 bits per heavy atom. The fraction of sp³-hybridized carbons (Fsp3) is 0.524. The normalized spacial score (nSPS) is 27.9. The van der Waals surface area contributed by atoms with Gasteiger partial charge in [-0.2, -0.15) is 0 Å². The molecule has 1 fully saturated rings. The number of hydrogen-bond acceptors (Lipinski definition) is 5. The van der Waals surface area contributed by atoms with Crippen molar-refractivity contribution in [1.82, 2.24) is 0 Å². The molecule has 140 valence electrons. The van der Waals surface area contributed by atoms with Crippen LogP contribution in [0.3, 0.4) is 0 Å². The van der Waals surface area contributed by atoms with Gasteiger partial charge in [0.15, 0.2) is 5.78 Å². The minimum atomic E-state index is -1.81. The lowest BCUT2D eigenvalue weighted by Crippen LogP contribution is -2.56. The fourth-order valence-electron chi connectivity index (χ4n) is 3.49. The first kappa shape index (κ1) is 18.6. The monoisotopic (exact) mass is 358 g/mol. The number of carbonyl (C=O) groups excluding carboxylic acids is 2. The first-order chi connectivity index (χ1) is 12.1. The summed E-state index contributed by atoms with van der Waals surface area (Å²) in [4.78, 5) is 25.9. The van der Waals surface area contributed by atoms with Gasteiger partial charge in [-0.1, -0.05) is 29.8 Å². The topological polar surface area (TPSA) is 61.8 Å². The van der Waals surface area contributed by atoms with Crippen LogP contribution in [0.15, 0.2) is 36.1 Å². The van der Waals surface area contributed by atoms with E-state index in [1.54, 1.807) is 26.8 Å². The van der Waals surface area contributed by atoms with E-state index in [1.807, 2.05) is 38.1 Å². The summed E-state index contributed by atoms with van der Waals surface area (Å²) in [7, 11) is 0. The quantitative estimate of drug-likeness (QED) is 0.608. The second-order valence-electron chi connectivity index (χ2n) is 7.91. The zero-order chi connectivity index (χ0) is 19.2. The van der Waals surface area contributed by atoms with Crippen molar-refractivity contribution >= 4 is 11.8 Å². The number of rotatable bonds is 4. The molecular formula is C21H26O5. The molecule has 2 atom stereocenters. The first-order valence-electron chi connectivity index (χ1n) is 9.03. The summed E-state index contributed by atoms with van der Waals surface area (Å²) in [6.45, 7) is 9.45. The highest BCUT2D eigenvalue weighted by molar-refractivity contribution is 6.11. The Hall–Kier alpha value is -2.14. The van der Waals surface area contributed by atoms with Crippen LogP contribution < -0.4 is 0 Å². The number of esters is 1. The molecule has 2 heterocycles. The van der Waals surface area contributed by atoms with Gasteiger partial charge >= 0.3 is 5.97 Å². The predicted molar refractivity (Wildman–Crippen MR) is 96.5 cm³/mol. The van der Waals surface area contributed by atoms with Crippen LogP contribution in [-0.4, -0.2) is 29.6 Å². The van der Waals surface area contributed by atoms with Gasteiger partial charge in [-0.25, -0.2) is 4.79 Å². The van der Waals surface area contributed by atoms with Gasteiger partial charge in [0.05, 0.1) is 6.61 Å². The third-order valence-electron chi connectivity index (χ3n) is 4.69. The van der Waals surface area contributed by atoms with Crippen LogP contribution >= 0.6 is 0 Å². The van der Waals surface area contributed by atoms with E-state index >= 15 is 0 Å². The molecule has 1 aromatic carbocycles. The van der Waals surface area contributed by atoms with Crippen molar-refractivity contribution < 1.29 is 23.8 Å². The van der Waals surface area contributed by atoms with Crippen molar-refractivity contribution in [2.24, 2.45) is 0 Å². The van der Waals surface area contributed by atoms with E-state index < -0.39 is 22.8 Å². The lowest BCUT2D eigenvalue weighted by molar-refractivity contribution is -0.202. The van der Waals surface area contributed by atoms with Crippen molar-refractivity contribution in [3.8, 4) is 0 Å². The maximum Gasteiger partial charge on any atom is 0.354 e. The zero-order valence-electron chi connectivity index (χ0n) is 16.0. The molecule has 5 nitrogen and oxygen atoms in total. The average Bonchev–Trinajstić information content (AvgIpc) is 2.83. The fourth-order valence-corrected chi connectivity index (χ4v) is 3.49. The molecular weight excluding hydrogens is 332 g/mol. The van der Waals surface area contributed by atoms with E-state index in [1.165, 1.54) is 0 Å². The number of hydrogen-bond donors (Lipinski definition) is 0. The van der Waals surface area contributed by atoms with Crippen LogP contribution in [0, 0.1) is 6.92 Å². The summed E-state index contributed by atoms with van der Waals surface area (Å²) in [6.07, 6.45) is 2.48. The lowest BCUT2D eigenvalue weighted by Gasteiger charge is -2.39. The molecule has 0 spiro atoms. The maximum atomic E-state index is 13.0. The molecule has 1 saturated heterocycles. The first-order valence-corrected chi connectivity index (χ1v) is 9.03. The molecule has 0 aliphatic carbocycles. The molecule has 0 N–H and O–H groups in total. The molecule has 26 heavy (non-hydrogen) atoms. The van der Waals surface area contributed by atoms with Gasteiger partial charge < -0.3 is 14.2 Å². The Labute approximate surface area is 154 Å². The highest BCUT2D eigenvalue weighted by Crippen LogP contribution is 2.52. The second-order valence-corrected chi connectivity index (χ2v) is 7.91. The van der Waals surface area contributed by atoms with E-state index in [0.29, 0.717) is 13.0 Å². The van der Waals surface area contributed by atoms with E-state index in [0.717, 1.165) is 11.1 Å². The van der Waals surface area contributed by atoms with E-state index in [-0.39, 0.29) is 18.0 Å². The van der Waals surface area contributed by atoms with Crippen molar-refractivity contribution in [3.63, 3.8) is 0 Å². The number of benzene rings is 1. The van der Waals surface area contributed by atoms with Crippen molar-refractivity contribution in [2.75, 3.05) is 6.61 Å². The summed E-state index contributed by atoms with van der Waals surface area (Å²) in [5, 5.41) is 0. The Balaban J connectivity index is 2.09. The lowest BCUT2D eigenvalue weighted by atomic mass is 9.85. The largest absolute Gasteiger partial charge is 0.494 e. The SMILES string of the molecule is CCOC1=C[C@@]2(c3ccc(C)cc3)CCC(=O)[C@]1(C(=O)OC(C)(C)C)O2. The average molecular weight is 358 g/mol. The van der Waals surface area contributed by atoms with Gasteiger partial charge in [0, 0.05) is 6.42 Å². The molecule has 5 heteroatoms. The third-order valence-corrected chi connectivity index (χ3v) is 4.69. The number of ketones is 1. The molecule has 2 aliphatic heterocycles. The second kappa shape index (κ2) is 6.23. The number of ether oxygens (including phenoxy) is 3. The number of aryl methyl sites for hydroxylation is 1. The third kappa shape index (κ3) is 2.94. The van der Waals surface area contributed by atoms with Crippen LogP contribution in [0.5, 0.6) is 0 Å². The molecule has 2 aliphatic rings. The Bertz CT molecular complexity index is 756. The highest BCUT2D eigenvalue weighted by atomic mass is 16.6. The van der Waals surface area contributed by atoms with Crippen LogP contribution in [0.2, 0.25) is 0 Å². The maximum absolute atomic E-state index is 13.0. The minimum absolute atomic E-state index is 0.222. The van der Waals surface area contributed by atoms with Gasteiger partial charge in [0.1, 0.15) is 17.0 Å². The van der Waals surface area contributed by atoms with Gasteiger partial charge in [0.25, 0.3) is 5.60 Å². The van der Waals surface area contributed by atoms with Crippen molar-refractivity contribution in [3.05, 3.63) is 47.2 Å². The van der Waals surface area contributed by atoms with E-state index in [4.69, 9.17) is 14.2 Å². The molecule has 0 radical (unpaired) electrons. The number of Topliss-reactive ketones (excluding diaryl/α,β-unsaturated/α-hetero) is 1. The number of carbonyl (C=O) groups is 2. The van der Waals surface area contributed by atoms with Gasteiger partial charge in [-0.05, 0) is 52.7 Å². The van der Waals surface area contributed by atoms with E-state index in [9.17, 15) is 9.59 Å². The summed E-state index contributed by atoms with van der Waals surface area (Å²) in [6, 6.07) is 7.92. The van der Waals surface area contributed by atoms with Gasteiger partial charge in [0.2, 0.25) is 0 Å². The molecule has 0 aromatic heterocycles. The molecule has 0 saturated carbocycles. The Kier molecular flexibility index (Phi) is 4.47. The molecule has 2 bridgehead atoms. The van der Waals surface area contributed by atoms with Crippen LogP contribution in [0.4, 0.5) is 0 Å². The predicted octanol–water partition coefficient (Wildman–Crippen LogP) is 3.58. The zero-order valence-corrected chi connectivity index (χ0v) is 16.0. The molecule has 0 unspecified atom stereocenters. The summed E-state index contributed by atoms with van der Waals surface area (Å²) in [5.74, 6) is -0.771. The molecule has 1 aromatic rings. The van der Waals surface area contributed by atoms with Gasteiger partial charge in [-0.3, -0.25) is 4.79 Å². The Morgan fingerprint density at radius 2 is 1.88 bits per heavy atom.